The van der Waals surface area contributed by atoms with E-state index in [-0.39, 0.29) is 35.1 Å². The molecule has 0 aliphatic heterocycles. The van der Waals surface area contributed by atoms with E-state index in [9.17, 15) is 23.1 Å². The predicted molar refractivity (Wildman–Crippen MR) is 123 cm³/mol. The molecule has 1 N–H and O–H groups in total. The maximum absolute atomic E-state index is 14.1. The lowest BCUT2D eigenvalue weighted by atomic mass is 9.78. The number of aromatic nitrogens is 2. The number of ether oxygens (including phenoxy) is 2. The van der Waals surface area contributed by atoms with Gasteiger partial charge in [-0.3, -0.25) is 4.98 Å². The van der Waals surface area contributed by atoms with Crippen LogP contribution in [0.1, 0.15) is 52.6 Å². The zero-order chi connectivity index (χ0) is 25.8. The molecule has 2 aromatic heterocycles. The molecule has 0 radical (unpaired) electrons. The molecule has 0 spiro atoms. The molecule has 10 heteroatoms. The first-order chi connectivity index (χ1) is 16.5. The summed E-state index contributed by atoms with van der Waals surface area (Å²) in [5.74, 6) is -1.69. The van der Waals surface area contributed by atoms with Crippen molar-refractivity contribution in [3.63, 3.8) is 0 Å². The summed E-state index contributed by atoms with van der Waals surface area (Å²) in [4.78, 5) is 19.7. The van der Waals surface area contributed by atoms with Crippen LogP contribution in [0.4, 0.5) is 13.2 Å². The number of esters is 1. The number of hydrogen-bond acceptors (Lipinski definition) is 6. The molecule has 0 aliphatic rings. The Labute approximate surface area is 205 Å². The average molecular weight is 509 g/mol. The topological polar surface area (TPSA) is 81.5 Å². The maximum atomic E-state index is 14.1. The van der Waals surface area contributed by atoms with Crippen LogP contribution in [0.3, 0.4) is 0 Å². The fourth-order valence-electron chi connectivity index (χ4n) is 3.66. The molecule has 2 atom stereocenters. The number of benzene rings is 1. The molecule has 0 saturated carbocycles. The van der Waals surface area contributed by atoms with Gasteiger partial charge in [-0.2, -0.15) is 13.2 Å². The lowest BCUT2D eigenvalue weighted by molar-refractivity contribution is -0.274. The normalized spacial score (nSPS) is 14.2. The number of aryl methyl sites for hydroxylation is 1. The number of rotatable bonds is 8. The number of hydrogen-bond donors (Lipinski definition) is 1. The van der Waals surface area contributed by atoms with Crippen molar-refractivity contribution in [1.29, 1.82) is 0 Å². The SMILES string of the molecule is CCOC(=O)c1cc(COc2ccc(C(C)C(O)(c3ccnc(C)c3)C(F)(F)F)c(Cl)c2)ccn1. The average Bonchev–Trinajstić information content (AvgIpc) is 2.81. The highest BCUT2D eigenvalue weighted by Crippen LogP contribution is 2.50. The second-order valence-corrected chi connectivity index (χ2v) is 8.32. The Bertz CT molecular complexity index is 1210. The molecule has 35 heavy (non-hydrogen) atoms. The first-order valence-electron chi connectivity index (χ1n) is 10.7. The van der Waals surface area contributed by atoms with Gasteiger partial charge in [0.25, 0.3) is 0 Å². The first-order valence-corrected chi connectivity index (χ1v) is 11.1. The minimum Gasteiger partial charge on any atom is -0.489 e. The molecular weight excluding hydrogens is 485 g/mol. The van der Waals surface area contributed by atoms with Gasteiger partial charge in [-0.05, 0) is 66.9 Å². The molecular formula is C25H24ClF3N2O4. The summed E-state index contributed by atoms with van der Waals surface area (Å²) in [5.41, 5.74) is -2.30. The summed E-state index contributed by atoms with van der Waals surface area (Å²) in [7, 11) is 0. The molecule has 186 valence electrons. The third-order valence-electron chi connectivity index (χ3n) is 5.55. The second kappa shape index (κ2) is 10.6. The van der Waals surface area contributed by atoms with Crippen LogP contribution in [0, 0.1) is 6.92 Å². The van der Waals surface area contributed by atoms with E-state index in [2.05, 4.69) is 9.97 Å². The second-order valence-electron chi connectivity index (χ2n) is 7.91. The first kappa shape index (κ1) is 26.4. The molecule has 0 fully saturated rings. The highest BCUT2D eigenvalue weighted by Gasteiger charge is 2.59. The number of carbonyl (C=O) groups excluding carboxylic acids is 1. The number of alkyl halides is 3. The molecule has 3 aromatic rings. The van der Waals surface area contributed by atoms with Gasteiger partial charge in [-0.15, -0.1) is 0 Å². The van der Waals surface area contributed by atoms with Crippen LogP contribution in [0.2, 0.25) is 5.02 Å². The van der Waals surface area contributed by atoms with Crippen LogP contribution in [0.15, 0.2) is 54.9 Å². The van der Waals surface area contributed by atoms with Crippen LogP contribution in [-0.2, 0) is 16.9 Å². The summed E-state index contributed by atoms with van der Waals surface area (Å²) in [6.45, 7) is 4.77. The minimum atomic E-state index is -4.98. The van der Waals surface area contributed by atoms with Gasteiger partial charge < -0.3 is 14.6 Å². The molecule has 0 aliphatic carbocycles. The molecule has 2 heterocycles. The number of nitrogens with zero attached hydrogens (tertiary/aromatic N) is 2. The Kier molecular flexibility index (Phi) is 8.02. The zero-order valence-electron chi connectivity index (χ0n) is 19.3. The Morgan fingerprint density at radius 1 is 1.11 bits per heavy atom. The fraction of sp³-hybridized carbons (Fsp3) is 0.320. The Morgan fingerprint density at radius 3 is 2.46 bits per heavy atom. The third kappa shape index (κ3) is 5.74. The van der Waals surface area contributed by atoms with E-state index in [1.165, 1.54) is 49.6 Å². The van der Waals surface area contributed by atoms with Crippen molar-refractivity contribution in [3.05, 3.63) is 88.0 Å². The quantitative estimate of drug-likeness (QED) is 0.390. The van der Waals surface area contributed by atoms with Crippen molar-refractivity contribution in [3.8, 4) is 5.75 Å². The van der Waals surface area contributed by atoms with E-state index in [0.717, 1.165) is 6.07 Å². The van der Waals surface area contributed by atoms with Gasteiger partial charge in [0.2, 0.25) is 0 Å². The van der Waals surface area contributed by atoms with Crippen LogP contribution in [0.25, 0.3) is 0 Å². The number of halogens is 4. The van der Waals surface area contributed by atoms with E-state index in [1.807, 2.05) is 0 Å². The van der Waals surface area contributed by atoms with Gasteiger partial charge in [0.1, 0.15) is 18.1 Å². The van der Waals surface area contributed by atoms with Gasteiger partial charge in [0, 0.05) is 29.0 Å². The molecule has 1 aromatic carbocycles. The summed E-state index contributed by atoms with van der Waals surface area (Å²) < 4.78 is 53.0. The van der Waals surface area contributed by atoms with Gasteiger partial charge in [0.15, 0.2) is 5.60 Å². The van der Waals surface area contributed by atoms with E-state index in [1.54, 1.807) is 19.9 Å². The summed E-state index contributed by atoms with van der Waals surface area (Å²) >= 11 is 6.34. The van der Waals surface area contributed by atoms with Crippen LogP contribution in [0.5, 0.6) is 5.75 Å². The maximum Gasteiger partial charge on any atom is 0.422 e. The van der Waals surface area contributed by atoms with Crippen molar-refractivity contribution >= 4 is 17.6 Å². The van der Waals surface area contributed by atoms with E-state index >= 15 is 0 Å². The van der Waals surface area contributed by atoms with E-state index < -0.39 is 23.7 Å². The Morgan fingerprint density at radius 2 is 1.83 bits per heavy atom. The van der Waals surface area contributed by atoms with Gasteiger partial charge >= 0.3 is 12.1 Å². The smallest absolute Gasteiger partial charge is 0.422 e. The van der Waals surface area contributed by atoms with Crippen molar-refractivity contribution < 1.29 is 32.5 Å². The highest BCUT2D eigenvalue weighted by atomic mass is 35.5. The van der Waals surface area contributed by atoms with E-state index in [4.69, 9.17) is 21.1 Å². The lowest BCUT2D eigenvalue weighted by Crippen LogP contribution is -2.46. The number of carbonyl (C=O) groups is 1. The molecule has 2 unspecified atom stereocenters. The molecule has 6 nitrogen and oxygen atoms in total. The van der Waals surface area contributed by atoms with Crippen LogP contribution in [-0.4, -0.2) is 33.8 Å². The lowest BCUT2D eigenvalue weighted by Gasteiger charge is -2.37. The van der Waals surface area contributed by atoms with Crippen LogP contribution >= 0.6 is 11.6 Å². The Balaban J connectivity index is 1.83. The van der Waals surface area contributed by atoms with Crippen molar-refractivity contribution in [2.75, 3.05) is 6.61 Å². The molecule has 0 saturated heterocycles. The van der Waals surface area contributed by atoms with Crippen molar-refractivity contribution in [2.24, 2.45) is 0 Å². The van der Waals surface area contributed by atoms with Crippen molar-refractivity contribution in [1.82, 2.24) is 9.97 Å². The highest BCUT2D eigenvalue weighted by molar-refractivity contribution is 6.31. The minimum absolute atomic E-state index is 0.00499. The van der Waals surface area contributed by atoms with Crippen molar-refractivity contribution in [2.45, 2.75) is 45.1 Å². The monoisotopic (exact) mass is 508 g/mol. The molecule has 0 amide bonds. The standard InChI is InChI=1S/C25H24ClF3N2O4/c1-4-34-23(32)22-12-17(7-9-31-22)14-35-19-5-6-20(21(26)13-19)16(3)24(33,25(27,28)29)18-8-10-30-15(2)11-18/h5-13,16,33H,4,14H2,1-3H3. The zero-order valence-corrected chi connectivity index (χ0v) is 20.0. The number of aliphatic hydroxyl groups is 1. The summed E-state index contributed by atoms with van der Waals surface area (Å²) in [6, 6.07) is 9.77. The number of pyridine rings is 2. The molecule has 0 bridgehead atoms. The van der Waals surface area contributed by atoms with Gasteiger partial charge in [-0.1, -0.05) is 24.6 Å². The largest absolute Gasteiger partial charge is 0.489 e. The Hall–Kier alpha value is -3.17. The predicted octanol–water partition coefficient (Wildman–Crippen LogP) is 5.75. The fourth-order valence-corrected chi connectivity index (χ4v) is 4.00. The molecule has 3 rings (SSSR count). The van der Waals surface area contributed by atoms with Crippen LogP contribution < -0.4 is 4.74 Å². The van der Waals surface area contributed by atoms with Gasteiger partial charge in [-0.25, -0.2) is 9.78 Å². The van der Waals surface area contributed by atoms with E-state index in [0.29, 0.717) is 17.0 Å². The summed E-state index contributed by atoms with van der Waals surface area (Å²) in [6.07, 6.45) is -2.31. The summed E-state index contributed by atoms with van der Waals surface area (Å²) in [5, 5.41) is 10.9. The third-order valence-corrected chi connectivity index (χ3v) is 5.88. The van der Waals surface area contributed by atoms with Gasteiger partial charge in [0.05, 0.1) is 6.61 Å².